The number of carbonyl (C=O) groups excluding carboxylic acids is 4. The van der Waals surface area contributed by atoms with Crippen LogP contribution in [0.4, 0.5) is 10.5 Å². The molecule has 1 fully saturated rings. The van der Waals surface area contributed by atoms with Crippen LogP contribution >= 0.6 is 46.6 Å². The molecule has 0 unspecified atom stereocenters. The molecular weight excluding hydrogens is 639 g/mol. The van der Waals surface area contributed by atoms with Crippen LogP contribution in [0, 0.1) is 0 Å². The summed E-state index contributed by atoms with van der Waals surface area (Å²) in [5.74, 6) is -1.04. The normalized spacial score (nSPS) is 13.8. The standard InChI is InChI=1S/C30H25Cl3N2O7S/c1-3-10-41-29(38)21-14-20(7-8-22(21)32)34-27(36)15-35-28(37)26(43-30(35)39)12-17-4-9-24(25(11-17)40-2)42-16-18-5-6-19(31)13-23(18)33/h4-9,11-14H,3,10,15-16H2,1-2H3,(H,34,36)/b26-12+. The lowest BCUT2D eigenvalue weighted by molar-refractivity contribution is -0.127. The molecule has 224 valence electrons. The summed E-state index contributed by atoms with van der Waals surface area (Å²) in [4.78, 5) is 51.5. The van der Waals surface area contributed by atoms with Gasteiger partial charge in [0, 0.05) is 21.3 Å². The largest absolute Gasteiger partial charge is 0.493 e. The molecule has 13 heteroatoms. The second kappa shape index (κ2) is 14.7. The molecule has 1 aliphatic heterocycles. The first-order valence-corrected chi connectivity index (χ1v) is 14.8. The van der Waals surface area contributed by atoms with Gasteiger partial charge in [0.15, 0.2) is 11.5 Å². The number of hydrogen-bond acceptors (Lipinski definition) is 8. The Morgan fingerprint density at radius 1 is 0.977 bits per heavy atom. The zero-order valence-electron chi connectivity index (χ0n) is 22.9. The monoisotopic (exact) mass is 662 g/mol. The first kappa shape index (κ1) is 32.2. The summed E-state index contributed by atoms with van der Waals surface area (Å²) < 4.78 is 16.4. The van der Waals surface area contributed by atoms with Gasteiger partial charge in [0.1, 0.15) is 13.2 Å². The van der Waals surface area contributed by atoms with Crippen LogP contribution in [0.5, 0.6) is 11.5 Å². The van der Waals surface area contributed by atoms with Crippen molar-refractivity contribution in [1.82, 2.24) is 4.90 Å². The lowest BCUT2D eigenvalue weighted by atomic mass is 10.1. The minimum Gasteiger partial charge on any atom is -0.493 e. The first-order valence-electron chi connectivity index (χ1n) is 12.9. The number of methoxy groups -OCH3 is 1. The molecule has 0 aromatic heterocycles. The average molecular weight is 664 g/mol. The molecule has 0 bridgehead atoms. The van der Waals surface area contributed by atoms with E-state index in [1.54, 1.807) is 36.4 Å². The Bertz CT molecular complexity index is 1610. The minimum atomic E-state index is -0.636. The number of ether oxygens (including phenoxy) is 3. The maximum atomic E-state index is 13.0. The number of amides is 3. The Labute approximate surface area is 267 Å². The van der Waals surface area contributed by atoms with Crippen LogP contribution in [0.15, 0.2) is 59.5 Å². The number of anilines is 1. The third-order valence-corrected chi connectivity index (χ3v) is 7.79. The molecule has 0 atom stereocenters. The third-order valence-electron chi connectivity index (χ3n) is 5.97. The number of halogens is 3. The van der Waals surface area contributed by atoms with E-state index in [1.165, 1.54) is 31.4 Å². The number of rotatable bonds is 11. The molecule has 0 saturated carbocycles. The number of carbonyl (C=O) groups is 4. The number of esters is 1. The van der Waals surface area contributed by atoms with Crippen molar-refractivity contribution in [1.29, 1.82) is 0 Å². The van der Waals surface area contributed by atoms with E-state index in [9.17, 15) is 19.2 Å². The summed E-state index contributed by atoms with van der Waals surface area (Å²) >= 11 is 19.0. The van der Waals surface area contributed by atoms with E-state index in [0.29, 0.717) is 45.3 Å². The van der Waals surface area contributed by atoms with Gasteiger partial charge >= 0.3 is 5.97 Å². The van der Waals surface area contributed by atoms with Crippen LogP contribution in [0.3, 0.4) is 0 Å². The molecule has 1 saturated heterocycles. The highest BCUT2D eigenvalue weighted by atomic mass is 35.5. The van der Waals surface area contributed by atoms with Gasteiger partial charge in [-0.25, -0.2) is 4.79 Å². The zero-order valence-corrected chi connectivity index (χ0v) is 26.0. The zero-order chi connectivity index (χ0) is 31.1. The summed E-state index contributed by atoms with van der Waals surface area (Å²) in [5.41, 5.74) is 1.66. The number of hydrogen-bond donors (Lipinski definition) is 1. The summed E-state index contributed by atoms with van der Waals surface area (Å²) in [6.07, 6.45) is 2.17. The van der Waals surface area contributed by atoms with Gasteiger partial charge < -0.3 is 19.5 Å². The van der Waals surface area contributed by atoms with Gasteiger partial charge in [-0.05, 0) is 72.3 Å². The van der Waals surface area contributed by atoms with Gasteiger partial charge in [-0.15, -0.1) is 0 Å². The van der Waals surface area contributed by atoms with Crippen LogP contribution in [0.1, 0.15) is 34.8 Å². The highest BCUT2D eigenvalue weighted by Crippen LogP contribution is 2.35. The number of imide groups is 1. The molecule has 1 N–H and O–H groups in total. The van der Waals surface area contributed by atoms with E-state index in [1.807, 2.05) is 6.92 Å². The number of thioether (sulfide) groups is 1. The molecular formula is C30H25Cl3N2O7S. The van der Waals surface area contributed by atoms with Gasteiger partial charge in [-0.3, -0.25) is 19.3 Å². The first-order chi connectivity index (χ1) is 20.6. The van der Waals surface area contributed by atoms with Crippen molar-refractivity contribution in [3.8, 4) is 11.5 Å². The maximum Gasteiger partial charge on any atom is 0.339 e. The minimum absolute atomic E-state index is 0.0858. The Hall–Kier alpha value is -3.70. The quantitative estimate of drug-likeness (QED) is 0.166. The summed E-state index contributed by atoms with van der Waals surface area (Å²) in [6.45, 7) is 1.73. The lowest BCUT2D eigenvalue weighted by Gasteiger charge is -2.13. The molecule has 4 rings (SSSR count). The number of benzene rings is 3. The van der Waals surface area contributed by atoms with Gasteiger partial charge in [0.2, 0.25) is 5.91 Å². The van der Waals surface area contributed by atoms with Crippen molar-refractivity contribution in [2.45, 2.75) is 20.0 Å². The second-order valence-corrected chi connectivity index (χ2v) is 11.3. The van der Waals surface area contributed by atoms with Crippen molar-refractivity contribution < 1.29 is 33.4 Å². The van der Waals surface area contributed by atoms with Crippen molar-refractivity contribution in [3.63, 3.8) is 0 Å². The molecule has 1 heterocycles. The van der Waals surface area contributed by atoms with Crippen LogP contribution in [0.25, 0.3) is 6.08 Å². The van der Waals surface area contributed by atoms with Gasteiger partial charge in [0.25, 0.3) is 11.1 Å². The summed E-state index contributed by atoms with van der Waals surface area (Å²) in [6, 6.07) is 14.4. The van der Waals surface area contributed by atoms with E-state index >= 15 is 0 Å². The molecule has 1 aliphatic rings. The molecule has 0 spiro atoms. The fourth-order valence-electron chi connectivity index (χ4n) is 3.85. The van der Waals surface area contributed by atoms with Crippen LogP contribution in [-0.2, 0) is 20.9 Å². The Morgan fingerprint density at radius 2 is 1.77 bits per heavy atom. The number of nitrogens with one attached hydrogen (secondary N) is 1. The molecule has 43 heavy (non-hydrogen) atoms. The van der Waals surface area contributed by atoms with E-state index < -0.39 is 29.6 Å². The average Bonchev–Trinajstić information content (AvgIpc) is 3.23. The Kier molecular flexibility index (Phi) is 11.0. The highest BCUT2D eigenvalue weighted by molar-refractivity contribution is 8.18. The van der Waals surface area contributed by atoms with E-state index in [-0.39, 0.29) is 34.4 Å². The molecule has 3 aromatic rings. The molecule has 3 aromatic carbocycles. The molecule has 0 radical (unpaired) electrons. The summed E-state index contributed by atoms with van der Waals surface area (Å²) in [7, 11) is 1.48. The maximum absolute atomic E-state index is 13.0. The molecule has 9 nitrogen and oxygen atoms in total. The highest BCUT2D eigenvalue weighted by Gasteiger charge is 2.36. The van der Waals surface area contributed by atoms with E-state index in [0.717, 1.165) is 10.5 Å². The fraction of sp³-hybridized carbons (Fsp3) is 0.200. The second-order valence-electron chi connectivity index (χ2n) is 9.08. The van der Waals surface area contributed by atoms with Gasteiger partial charge in [0.05, 0.1) is 29.2 Å². The third kappa shape index (κ3) is 8.23. The van der Waals surface area contributed by atoms with Crippen LogP contribution in [0.2, 0.25) is 15.1 Å². The Balaban J connectivity index is 1.41. The predicted molar refractivity (Wildman–Crippen MR) is 167 cm³/mol. The number of nitrogens with zero attached hydrogens (tertiary/aromatic N) is 1. The van der Waals surface area contributed by atoms with Crippen molar-refractivity contribution >= 4 is 81.4 Å². The fourth-order valence-corrected chi connectivity index (χ4v) is 5.35. The lowest BCUT2D eigenvalue weighted by Crippen LogP contribution is -2.36. The summed E-state index contributed by atoms with van der Waals surface area (Å²) in [5, 5.41) is 3.13. The van der Waals surface area contributed by atoms with E-state index in [2.05, 4.69) is 5.32 Å². The van der Waals surface area contributed by atoms with Crippen LogP contribution < -0.4 is 14.8 Å². The van der Waals surface area contributed by atoms with Crippen molar-refractivity contribution in [2.24, 2.45) is 0 Å². The predicted octanol–water partition coefficient (Wildman–Crippen LogP) is 7.48. The smallest absolute Gasteiger partial charge is 0.339 e. The van der Waals surface area contributed by atoms with Crippen LogP contribution in [-0.4, -0.2) is 48.2 Å². The van der Waals surface area contributed by atoms with Crippen molar-refractivity contribution in [3.05, 3.63) is 91.3 Å². The van der Waals surface area contributed by atoms with Crippen molar-refractivity contribution in [2.75, 3.05) is 25.6 Å². The van der Waals surface area contributed by atoms with Gasteiger partial charge in [-0.2, -0.15) is 0 Å². The van der Waals surface area contributed by atoms with Gasteiger partial charge in [-0.1, -0.05) is 53.9 Å². The van der Waals surface area contributed by atoms with E-state index in [4.69, 9.17) is 49.0 Å². The molecule has 3 amide bonds. The topological polar surface area (TPSA) is 111 Å². The SMILES string of the molecule is CCCOC(=O)c1cc(NC(=O)CN2C(=O)S/C(=C/c3ccc(OCc4ccc(Cl)cc4Cl)c(OC)c3)C2=O)ccc1Cl. The molecule has 0 aliphatic carbocycles. The Morgan fingerprint density at radius 3 is 2.49 bits per heavy atom.